The van der Waals surface area contributed by atoms with Crippen LogP contribution in [-0.2, 0) is 6.42 Å². The first-order valence-corrected chi connectivity index (χ1v) is 9.85. The summed E-state index contributed by atoms with van der Waals surface area (Å²) >= 11 is 0. The Kier molecular flexibility index (Phi) is 5.37. The Morgan fingerprint density at radius 3 is 2.50 bits per heavy atom. The number of nitrogens with zero attached hydrogens (tertiary/aromatic N) is 3. The minimum Gasteiger partial charge on any atom is -0.501 e. The predicted molar refractivity (Wildman–Crippen MR) is 112 cm³/mol. The van der Waals surface area contributed by atoms with Crippen molar-refractivity contribution in [1.29, 1.82) is 0 Å². The number of aryl methyl sites for hydroxylation is 1. The van der Waals surface area contributed by atoms with Gasteiger partial charge in [-0.25, -0.2) is 4.98 Å². The molecule has 0 fully saturated rings. The maximum absolute atomic E-state index is 13.0. The highest BCUT2D eigenvalue weighted by Gasteiger charge is 2.29. The van der Waals surface area contributed by atoms with E-state index >= 15 is 0 Å². The number of benzene rings is 2. The van der Waals surface area contributed by atoms with Gasteiger partial charge < -0.3 is 15.5 Å². The van der Waals surface area contributed by atoms with E-state index in [9.17, 15) is 15.0 Å². The molecule has 1 unspecified atom stereocenters. The number of fused-ring (bicyclic) bond motifs is 1. The fraction of sp³-hybridized carbons (Fsp3) is 0.261. The van der Waals surface area contributed by atoms with E-state index in [4.69, 9.17) is 0 Å². The molecule has 7 nitrogen and oxygen atoms in total. The van der Waals surface area contributed by atoms with Gasteiger partial charge in [0.15, 0.2) is 11.5 Å². The first kappa shape index (κ1) is 19.8. The molecule has 0 spiro atoms. The molecule has 1 aliphatic carbocycles. The van der Waals surface area contributed by atoms with Gasteiger partial charge in [-0.1, -0.05) is 54.6 Å². The highest BCUT2D eigenvalue weighted by molar-refractivity contribution is 5.95. The van der Waals surface area contributed by atoms with Crippen molar-refractivity contribution >= 4 is 5.91 Å². The number of hydrogen-bond acceptors (Lipinski definition) is 6. The number of aromatic nitrogens is 2. The zero-order chi connectivity index (χ0) is 21.3. The van der Waals surface area contributed by atoms with Crippen LogP contribution in [0.25, 0.3) is 0 Å². The molecule has 1 amide bonds. The number of rotatable bonds is 5. The number of hydrogen-bond donors (Lipinski definition) is 3. The van der Waals surface area contributed by atoms with E-state index < -0.39 is 23.6 Å². The quantitative estimate of drug-likeness (QED) is 0.605. The third kappa shape index (κ3) is 3.71. The molecular weight excluding hydrogens is 380 g/mol. The number of carbonyl (C=O) groups is 1. The van der Waals surface area contributed by atoms with Crippen molar-refractivity contribution in [3.63, 3.8) is 0 Å². The molecule has 4 rings (SSSR count). The SMILES string of the molecule is CN(C)C(c1ccccc1)c1nc(O)c(O)c(C(=O)N[C@H]2CCc3ccccc32)n1. The molecule has 1 heterocycles. The molecule has 0 saturated carbocycles. The van der Waals surface area contributed by atoms with Crippen LogP contribution in [0.5, 0.6) is 11.6 Å². The van der Waals surface area contributed by atoms with Gasteiger partial charge in [-0.3, -0.25) is 9.69 Å². The maximum Gasteiger partial charge on any atom is 0.274 e. The van der Waals surface area contributed by atoms with Crippen molar-refractivity contribution < 1.29 is 15.0 Å². The third-order valence-corrected chi connectivity index (χ3v) is 5.41. The number of aromatic hydroxyl groups is 2. The Morgan fingerprint density at radius 2 is 1.77 bits per heavy atom. The standard InChI is InChI=1S/C23H24N4O3/c1-27(2)19(15-9-4-3-5-10-15)21-25-18(20(28)23(30)26-21)22(29)24-17-13-12-14-8-6-7-11-16(14)17/h3-11,17,19,28H,12-13H2,1-2H3,(H,24,29)(H,25,26,30)/t17-,19?/m0/s1. The molecule has 1 aliphatic rings. The van der Waals surface area contributed by atoms with Crippen molar-refractivity contribution in [3.8, 4) is 11.6 Å². The largest absolute Gasteiger partial charge is 0.501 e. The van der Waals surface area contributed by atoms with Crippen LogP contribution in [0.3, 0.4) is 0 Å². The zero-order valence-electron chi connectivity index (χ0n) is 16.9. The Morgan fingerprint density at radius 1 is 1.07 bits per heavy atom. The van der Waals surface area contributed by atoms with Gasteiger partial charge in [0.25, 0.3) is 11.8 Å². The predicted octanol–water partition coefficient (Wildman–Crippen LogP) is 2.96. The molecular formula is C23H24N4O3. The topological polar surface area (TPSA) is 98.6 Å². The van der Waals surface area contributed by atoms with E-state index in [1.165, 1.54) is 5.56 Å². The van der Waals surface area contributed by atoms with E-state index in [0.29, 0.717) is 0 Å². The van der Waals surface area contributed by atoms with E-state index in [-0.39, 0.29) is 17.6 Å². The number of carbonyl (C=O) groups excluding carboxylic acids is 1. The lowest BCUT2D eigenvalue weighted by Gasteiger charge is -2.24. The fourth-order valence-corrected chi connectivity index (χ4v) is 3.99. The van der Waals surface area contributed by atoms with Gasteiger partial charge in [-0.15, -0.1) is 0 Å². The zero-order valence-corrected chi connectivity index (χ0v) is 16.9. The molecule has 7 heteroatoms. The third-order valence-electron chi connectivity index (χ3n) is 5.41. The molecule has 3 aromatic rings. The molecule has 0 aliphatic heterocycles. The second-order valence-electron chi connectivity index (χ2n) is 7.64. The fourth-order valence-electron chi connectivity index (χ4n) is 3.99. The van der Waals surface area contributed by atoms with Crippen molar-refractivity contribution in [1.82, 2.24) is 20.2 Å². The summed E-state index contributed by atoms with van der Waals surface area (Å²) < 4.78 is 0. The van der Waals surface area contributed by atoms with Gasteiger partial charge >= 0.3 is 0 Å². The lowest BCUT2D eigenvalue weighted by Crippen LogP contribution is -2.29. The van der Waals surface area contributed by atoms with Gasteiger partial charge in [-0.2, -0.15) is 4.98 Å². The second kappa shape index (κ2) is 8.12. The molecule has 0 bridgehead atoms. The molecule has 1 aromatic heterocycles. The summed E-state index contributed by atoms with van der Waals surface area (Å²) in [5, 5.41) is 23.5. The summed E-state index contributed by atoms with van der Waals surface area (Å²) in [6.07, 6.45) is 1.66. The highest BCUT2D eigenvalue weighted by atomic mass is 16.3. The Bertz CT molecular complexity index is 1070. The molecule has 154 valence electrons. The summed E-state index contributed by atoms with van der Waals surface area (Å²) in [6.45, 7) is 0. The average Bonchev–Trinajstić information content (AvgIpc) is 3.14. The van der Waals surface area contributed by atoms with Crippen molar-refractivity contribution in [2.24, 2.45) is 0 Å². The molecule has 0 radical (unpaired) electrons. The van der Waals surface area contributed by atoms with Gasteiger partial charge in [0.2, 0.25) is 5.75 Å². The lowest BCUT2D eigenvalue weighted by atomic mass is 10.1. The van der Waals surface area contributed by atoms with Gasteiger partial charge in [0, 0.05) is 0 Å². The summed E-state index contributed by atoms with van der Waals surface area (Å²) in [6, 6.07) is 17.0. The Hall–Kier alpha value is -3.45. The molecule has 2 aromatic carbocycles. The summed E-state index contributed by atoms with van der Waals surface area (Å²) in [5.41, 5.74) is 2.95. The average molecular weight is 404 g/mol. The van der Waals surface area contributed by atoms with Gasteiger partial charge in [0.05, 0.1) is 12.1 Å². The molecule has 0 saturated heterocycles. The first-order chi connectivity index (χ1) is 14.5. The molecule has 3 N–H and O–H groups in total. The summed E-state index contributed by atoms with van der Waals surface area (Å²) in [7, 11) is 3.72. The van der Waals surface area contributed by atoms with Gasteiger partial charge in [-0.05, 0) is 43.6 Å². The van der Waals surface area contributed by atoms with Crippen LogP contribution in [0.2, 0.25) is 0 Å². The normalized spacial score (nSPS) is 16.3. The summed E-state index contributed by atoms with van der Waals surface area (Å²) in [4.78, 5) is 23.3. The van der Waals surface area contributed by atoms with Crippen LogP contribution >= 0.6 is 0 Å². The highest BCUT2D eigenvalue weighted by Crippen LogP contribution is 2.33. The second-order valence-corrected chi connectivity index (χ2v) is 7.64. The van der Waals surface area contributed by atoms with E-state index in [1.54, 1.807) is 0 Å². The van der Waals surface area contributed by atoms with Crippen LogP contribution in [-0.4, -0.2) is 45.1 Å². The summed E-state index contributed by atoms with van der Waals surface area (Å²) in [5.74, 6) is -1.54. The lowest BCUT2D eigenvalue weighted by molar-refractivity contribution is 0.0926. The molecule has 30 heavy (non-hydrogen) atoms. The van der Waals surface area contributed by atoms with Crippen molar-refractivity contribution in [2.45, 2.75) is 24.9 Å². The minimum atomic E-state index is -0.618. The van der Waals surface area contributed by atoms with E-state index in [1.807, 2.05) is 67.5 Å². The number of nitrogens with one attached hydrogen (secondary N) is 1. The Labute approximate surface area is 175 Å². The van der Waals surface area contributed by atoms with Crippen LogP contribution in [0.15, 0.2) is 54.6 Å². The maximum atomic E-state index is 13.0. The monoisotopic (exact) mass is 404 g/mol. The molecule has 2 atom stereocenters. The van der Waals surface area contributed by atoms with Crippen LogP contribution < -0.4 is 5.32 Å². The van der Waals surface area contributed by atoms with Crippen LogP contribution in [0, 0.1) is 0 Å². The smallest absolute Gasteiger partial charge is 0.274 e. The van der Waals surface area contributed by atoms with Gasteiger partial charge in [0.1, 0.15) is 0 Å². The first-order valence-electron chi connectivity index (χ1n) is 9.85. The van der Waals surface area contributed by atoms with E-state index in [2.05, 4.69) is 21.4 Å². The van der Waals surface area contributed by atoms with Crippen molar-refractivity contribution in [3.05, 3.63) is 82.8 Å². The van der Waals surface area contributed by atoms with Crippen LogP contribution in [0.1, 0.15) is 51.5 Å². The minimum absolute atomic E-state index is 0.160. The Balaban J connectivity index is 1.67. The van der Waals surface area contributed by atoms with Crippen molar-refractivity contribution in [2.75, 3.05) is 14.1 Å². The van der Waals surface area contributed by atoms with Crippen LogP contribution in [0.4, 0.5) is 0 Å². The van der Waals surface area contributed by atoms with E-state index in [0.717, 1.165) is 24.0 Å². The number of amides is 1.